The van der Waals surface area contributed by atoms with Crippen LogP contribution in [-0.2, 0) is 10.7 Å². The molecule has 0 spiro atoms. The van der Waals surface area contributed by atoms with Crippen LogP contribution in [0.15, 0.2) is 16.6 Å². The van der Waals surface area contributed by atoms with E-state index >= 15 is 0 Å². The van der Waals surface area contributed by atoms with Crippen LogP contribution in [0.4, 0.5) is 0 Å². The summed E-state index contributed by atoms with van der Waals surface area (Å²) in [5.74, 6) is 0.703. The maximum atomic E-state index is 3.68. The van der Waals surface area contributed by atoms with E-state index in [2.05, 4.69) is 64.8 Å². The fourth-order valence-electron chi connectivity index (χ4n) is 2.60. The molecule has 0 saturated heterocycles. The molecule has 1 atom stereocenters. The number of benzene rings is 1. The van der Waals surface area contributed by atoms with Gasteiger partial charge in [0.2, 0.25) is 0 Å². The molecule has 0 N–H and O–H groups in total. The highest BCUT2D eigenvalue weighted by molar-refractivity contribution is 9.10. The molecule has 0 aromatic heterocycles. The molecule has 2 rings (SSSR count). The Kier molecular flexibility index (Phi) is 3.52. The zero-order valence-electron chi connectivity index (χ0n) is 10.1. The van der Waals surface area contributed by atoms with Gasteiger partial charge in [0.1, 0.15) is 0 Å². The van der Waals surface area contributed by atoms with E-state index in [0.717, 1.165) is 5.33 Å². The maximum absolute atomic E-state index is 3.68. The van der Waals surface area contributed by atoms with Crippen LogP contribution < -0.4 is 0 Å². The maximum Gasteiger partial charge on any atom is 0.0294 e. The van der Waals surface area contributed by atoms with Gasteiger partial charge in [-0.1, -0.05) is 58.7 Å². The second-order valence-corrected chi connectivity index (χ2v) is 6.90. The van der Waals surface area contributed by atoms with Crippen molar-refractivity contribution in [2.24, 2.45) is 0 Å². The second kappa shape index (κ2) is 4.45. The molecular formula is C14H18Br2. The standard InChI is InChI=1S/C14H18Br2/c1-9-4-5-14(2,3)12-7-13(16)10(8-15)6-11(9)12/h6-7,9H,4-5,8H2,1-3H3. The van der Waals surface area contributed by atoms with Crippen molar-refractivity contribution < 1.29 is 0 Å². The zero-order chi connectivity index (χ0) is 11.9. The first kappa shape index (κ1) is 12.6. The molecule has 0 radical (unpaired) electrons. The summed E-state index contributed by atoms with van der Waals surface area (Å²) in [6.45, 7) is 7.07. The summed E-state index contributed by atoms with van der Waals surface area (Å²) in [5.41, 5.74) is 4.77. The minimum Gasteiger partial charge on any atom is -0.0876 e. The summed E-state index contributed by atoms with van der Waals surface area (Å²) in [7, 11) is 0. The molecule has 1 aliphatic carbocycles. The van der Waals surface area contributed by atoms with Gasteiger partial charge in [0, 0.05) is 9.80 Å². The first-order chi connectivity index (χ1) is 7.45. The van der Waals surface area contributed by atoms with Crippen molar-refractivity contribution >= 4 is 31.9 Å². The van der Waals surface area contributed by atoms with Gasteiger partial charge in [0.05, 0.1) is 0 Å². The van der Waals surface area contributed by atoms with Crippen LogP contribution in [-0.4, -0.2) is 0 Å². The molecule has 16 heavy (non-hydrogen) atoms. The molecule has 1 aliphatic rings. The lowest BCUT2D eigenvalue weighted by atomic mass is 9.69. The van der Waals surface area contributed by atoms with Crippen LogP contribution in [0.3, 0.4) is 0 Å². The summed E-state index contributed by atoms with van der Waals surface area (Å²) >= 11 is 7.23. The number of rotatable bonds is 1. The highest BCUT2D eigenvalue weighted by Crippen LogP contribution is 2.44. The Hall–Kier alpha value is 0.180. The number of alkyl halides is 1. The molecule has 2 heteroatoms. The average Bonchev–Trinajstić information content (AvgIpc) is 2.24. The third-order valence-electron chi connectivity index (χ3n) is 3.82. The van der Waals surface area contributed by atoms with Crippen LogP contribution in [0.1, 0.15) is 56.2 Å². The van der Waals surface area contributed by atoms with Gasteiger partial charge in [0.15, 0.2) is 0 Å². The Labute approximate surface area is 115 Å². The molecule has 0 nitrogen and oxygen atoms in total. The summed E-state index contributed by atoms with van der Waals surface area (Å²) in [6.07, 6.45) is 2.60. The van der Waals surface area contributed by atoms with E-state index < -0.39 is 0 Å². The monoisotopic (exact) mass is 344 g/mol. The Bertz CT molecular complexity index is 407. The van der Waals surface area contributed by atoms with Crippen molar-refractivity contribution in [3.63, 3.8) is 0 Å². The smallest absolute Gasteiger partial charge is 0.0294 e. The first-order valence-corrected chi connectivity index (χ1v) is 7.76. The SMILES string of the molecule is CC1CCC(C)(C)c2cc(Br)c(CBr)cc21. The molecule has 0 saturated carbocycles. The van der Waals surface area contributed by atoms with Gasteiger partial charge in [0.25, 0.3) is 0 Å². The largest absolute Gasteiger partial charge is 0.0876 e. The Balaban J connectivity index is 2.60. The van der Waals surface area contributed by atoms with Gasteiger partial charge in [-0.25, -0.2) is 0 Å². The molecule has 0 fully saturated rings. The molecule has 88 valence electrons. The van der Waals surface area contributed by atoms with Crippen LogP contribution >= 0.6 is 31.9 Å². The van der Waals surface area contributed by atoms with E-state index in [4.69, 9.17) is 0 Å². The summed E-state index contributed by atoms with van der Waals surface area (Å²) < 4.78 is 1.24. The fraction of sp³-hybridized carbons (Fsp3) is 0.571. The quantitative estimate of drug-likeness (QED) is 0.588. The van der Waals surface area contributed by atoms with Crippen LogP contribution in [0.25, 0.3) is 0 Å². The molecule has 0 aliphatic heterocycles. The van der Waals surface area contributed by atoms with Gasteiger partial charge in [-0.3, -0.25) is 0 Å². The molecule has 1 aromatic rings. The van der Waals surface area contributed by atoms with Gasteiger partial charge < -0.3 is 0 Å². The lowest BCUT2D eigenvalue weighted by Gasteiger charge is -2.36. The summed E-state index contributed by atoms with van der Waals surface area (Å²) in [6, 6.07) is 4.71. The molecule has 1 aromatic carbocycles. The van der Waals surface area contributed by atoms with E-state index in [9.17, 15) is 0 Å². The minimum absolute atomic E-state index is 0.329. The predicted molar refractivity (Wildman–Crippen MR) is 77.4 cm³/mol. The Morgan fingerprint density at radius 1 is 1.38 bits per heavy atom. The van der Waals surface area contributed by atoms with Crippen molar-refractivity contribution in [3.05, 3.63) is 33.3 Å². The molecule has 0 bridgehead atoms. The summed E-state index contributed by atoms with van der Waals surface area (Å²) in [5, 5.41) is 0.925. The van der Waals surface area contributed by atoms with Gasteiger partial charge in [-0.2, -0.15) is 0 Å². The number of fused-ring (bicyclic) bond motifs is 1. The molecule has 1 unspecified atom stereocenters. The van der Waals surface area contributed by atoms with E-state index in [0.29, 0.717) is 11.3 Å². The lowest BCUT2D eigenvalue weighted by molar-refractivity contribution is 0.402. The van der Waals surface area contributed by atoms with Crippen LogP contribution in [0.2, 0.25) is 0 Å². The predicted octanol–water partition coefficient (Wildman–Crippen LogP) is 5.52. The highest BCUT2D eigenvalue weighted by atomic mass is 79.9. The number of hydrogen-bond acceptors (Lipinski definition) is 0. The average molecular weight is 346 g/mol. The number of hydrogen-bond donors (Lipinski definition) is 0. The van der Waals surface area contributed by atoms with E-state index in [1.165, 1.54) is 28.4 Å². The van der Waals surface area contributed by atoms with Gasteiger partial charge in [-0.15, -0.1) is 0 Å². The normalized spacial score (nSPS) is 22.9. The highest BCUT2D eigenvalue weighted by Gasteiger charge is 2.31. The topological polar surface area (TPSA) is 0 Å². The van der Waals surface area contributed by atoms with Crippen molar-refractivity contribution in [1.29, 1.82) is 0 Å². The van der Waals surface area contributed by atoms with Crippen LogP contribution in [0.5, 0.6) is 0 Å². The van der Waals surface area contributed by atoms with Gasteiger partial charge in [-0.05, 0) is 46.9 Å². The Morgan fingerprint density at radius 3 is 2.69 bits per heavy atom. The van der Waals surface area contributed by atoms with E-state index in [1.54, 1.807) is 5.56 Å². The third kappa shape index (κ3) is 2.11. The zero-order valence-corrected chi connectivity index (χ0v) is 13.3. The lowest BCUT2D eigenvalue weighted by Crippen LogP contribution is -2.25. The van der Waals surface area contributed by atoms with Crippen molar-refractivity contribution in [2.75, 3.05) is 0 Å². The summed E-state index contributed by atoms with van der Waals surface area (Å²) in [4.78, 5) is 0. The first-order valence-electron chi connectivity index (χ1n) is 5.84. The number of halogens is 2. The second-order valence-electron chi connectivity index (χ2n) is 5.49. The molecule has 0 amide bonds. The fourth-order valence-corrected chi connectivity index (χ4v) is 3.92. The van der Waals surface area contributed by atoms with E-state index in [-0.39, 0.29) is 0 Å². The Morgan fingerprint density at radius 2 is 2.06 bits per heavy atom. The van der Waals surface area contributed by atoms with Gasteiger partial charge >= 0.3 is 0 Å². The molecule has 0 heterocycles. The molecular weight excluding hydrogens is 328 g/mol. The van der Waals surface area contributed by atoms with Crippen molar-refractivity contribution in [3.8, 4) is 0 Å². The minimum atomic E-state index is 0.329. The third-order valence-corrected chi connectivity index (χ3v) is 5.17. The van der Waals surface area contributed by atoms with Crippen molar-refractivity contribution in [2.45, 2.75) is 50.3 Å². The van der Waals surface area contributed by atoms with E-state index in [1.807, 2.05) is 0 Å². The van der Waals surface area contributed by atoms with Crippen LogP contribution in [0, 0.1) is 0 Å². The van der Waals surface area contributed by atoms with Crippen molar-refractivity contribution in [1.82, 2.24) is 0 Å².